The van der Waals surface area contributed by atoms with Crippen molar-refractivity contribution in [1.82, 2.24) is 0 Å². The highest BCUT2D eigenvalue weighted by Crippen LogP contribution is 2.48. The summed E-state index contributed by atoms with van der Waals surface area (Å²) in [5.74, 6) is 1.60. The summed E-state index contributed by atoms with van der Waals surface area (Å²) in [6, 6.07) is 0. The Balaban J connectivity index is 2.54. The molecule has 0 bridgehead atoms. The maximum Gasteiger partial charge on any atom is -0.00179 e. The average Bonchev–Trinajstić information content (AvgIpc) is 1.86. The molecule has 66 valence electrons. The van der Waals surface area contributed by atoms with Crippen LogP contribution in [0.1, 0.15) is 40.0 Å². The SMILES string of the molecule is CC(C)C(C)C1(CN)CCC1. The van der Waals surface area contributed by atoms with Gasteiger partial charge in [0.1, 0.15) is 0 Å². The molecule has 2 N–H and O–H groups in total. The van der Waals surface area contributed by atoms with Crippen LogP contribution in [0.5, 0.6) is 0 Å². The van der Waals surface area contributed by atoms with Crippen LogP contribution in [-0.4, -0.2) is 6.54 Å². The van der Waals surface area contributed by atoms with E-state index in [-0.39, 0.29) is 0 Å². The van der Waals surface area contributed by atoms with Gasteiger partial charge in [-0.15, -0.1) is 0 Å². The predicted molar refractivity (Wildman–Crippen MR) is 49.3 cm³/mol. The highest BCUT2D eigenvalue weighted by molar-refractivity contribution is 4.93. The highest BCUT2D eigenvalue weighted by atomic mass is 14.6. The van der Waals surface area contributed by atoms with Gasteiger partial charge in [-0.25, -0.2) is 0 Å². The molecule has 1 saturated carbocycles. The topological polar surface area (TPSA) is 26.0 Å². The number of rotatable bonds is 3. The Morgan fingerprint density at radius 3 is 1.91 bits per heavy atom. The molecule has 0 aliphatic heterocycles. The Labute approximate surface area is 70.4 Å². The van der Waals surface area contributed by atoms with Crippen molar-refractivity contribution in [2.24, 2.45) is 23.0 Å². The summed E-state index contributed by atoms with van der Waals surface area (Å²) in [5, 5.41) is 0. The molecule has 11 heavy (non-hydrogen) atoms. The number of hydrogen-bond acceptors (Lipinski definition) is 1. The maximum absolute atomic E-state index is 5.81. The van der Waals surface area contributed by atoms with E-state index in [1.807, 2.05) is 0 Å². The van der Waals surface area contributed by atoms with Gasteiger partial charge in [0, 0.05) is 0 Å². The van der Waals surface area contributed by atoms with Gasteiger partial charge in [0.25, 0.3) is 0 Å². The van der Waals surface area contributed by atoms with E-state index in [0.717, 1.165) is 18.4 Å². The van der Waals surface area contributed by atoms with Crippen molar-refractivity contribution < 1.29 is 0 Å². The van der Waals surface area contributed by atoms with Gasteiger partial charge < -0.3 is 5.73 Å². The molecule has 0 spiro atoms. The molecule has 0 heterocycles. The summed E-state index contributed by atoms with van der Waals surface area (Å²) in [6.07, 6.45) is 4.12. The summed E-state index contributed by atoms with van der Waals surface area (Å²) >= 11 is 0. The van der Waals surface area contributed by atoms with Gasteiger partial charge in [0.15, 0.2) is 0 Å². The standard InChI is InChI=1S/C10H21N/c1-8(2)9(3)10(7-11)5-4-6-10/h8-9H,4-7,11H2,1-3H3. The highest BCUT2D eigenvalue weighted by Gasteiger charge is 2.41. The van der Waals surface area contributed by atoms with Crippen molar-refractivity contribution in [3.8, 4) is 0 Å². The van der Waals surface area contributed by atoms with E-state index < -0.39 is 0 Å². The van der Waals surface area contributed by atoms with Crippen LogP contribution >= 0.6 is 0 Å². The summed E-state index contributed by atoms with van der Waals surface area (Å²) in [6.45, 7) is 7.86. The van der Waals surface area contributed by atoms with E-state index in [4.69, 9.17) is 5.73 Å². The van der Waals surface area contributed by atoms with E-state index >= 15 is 0 Å². The number of nitrogens with two attached hydrogens (primary N) is 1. The van der Waals surface area contributed by atoms with E-state index in [0.29, 0.717) is 5.41 Å². The molecule has 1 unspecified atom stereocenters. The van der Waals surface area contributed by atoms with Gasteiger partial charge in [-0.2, -0.15) is 0 Å². The third-order valence-electron chi connectivity index (χ3n) is 3.72. The second-order valence-corrected chi connectivity index (χ2v) is 4.45. The van der Waals surface area contributed by atoms with Crippen molar-refractivity contribution in [3.63, 3.8) is 0 Å². The molecule has 0 aromatic carbocycles. The Morgan fingerprint density at radius 2 is 1.82 bits per heavy atom. The van der Waals surface area contributed by atoms with Crippen LogP contribution in [0, 0.1) is 17.3 Å². The zero-order chi connectivity index (χ0) is 8.48. The Morgan fingerprint density at radius 1 is 1.27 bits per heavy atom. The van der Waals surface area contributed by atoms with Crippen LogP contribution in [-0.2, 0) is 0 Å². The van der Waals surface area contributed by atoms with Crippen LogP contribution in [0.15, 0.2) is 0 Å². The lowest BCUT2D eigenvalue weighted by atomic mass is 9.59. The minimum atomic E-state index is 0.522. The molecule has 0 radical (unpaired) electrons. The van der Waals surface area contributed by atoms with Gasteiger partial charge >= 0.3 is 0 Å². The molecule has 1 rings (SSSR count). The smallest absolute Gasteiger partial charge is 0.00179 e. The minimum absolute atomic E-state index is 0.522. The third-order valence-corrected chi connectivity index (χ3v) is 3.72. The molecule has 0 aromatic heterocycles. The van der Waals surface area contributed by atoms with Gasteiger partial charge in [0.2, 0.25) is 0 Å². The summed E-state index contributed by atoms with van der Waals surface area (Å²) in [7, 11) is 0. The van der Waals surface area contributed by atoms with E-state index in [9.17, 15) is 0 Å². The first kappa shape index (κ1) is 9.05. The zero-order valence-electron chi connectivity index (χ0n) is 8.06. The number of hydrogen-bond donors (Lipinski definition) is 1. The van der Waals surface area contributed by atoms with Crippen LogP contribution in [0.3, 0.4) is 0 Å². The molecule has 1 aliphatic rings. The molecule has 0 amide bonds. The Kier molecular flexibility index (Phi) is 2.58. The minimum Gasteiger partial charge on any atom is -0.330 e. The van der Waals surface area contributed by atoms with Crippen molar-refractivity contribution in [1.29, 1.82) is 0 Å². The van der Waals surface area contributed by atoms with E-state index in [1.165, 1.54) is 19.3 Å². The Bertz CT molecular complexity index is 119. The fourth-order valence-electron chi connectivity index (χ4n) is 2.18. The molecular weight excluding hydrogens is 134 g/mol. The molecule has 1 heteroatoms. The lowest BCUT2D eigenvalue weighted by Gasteiger charge is -2.47. The Hall–Kier alpha value is -0.0400. The fourth-order valence-corrected chi connectivity index (χ4v) is 2.18. The van der Waals surface area contributed by atoms with Gasteiger partial charge in [-0.1, -0.05) is 27.2 Å². The first-order valence-corrected chi connectivity index (χ1v) is 4.82. The molecule has 0 saturated heterocycles. The molecule has 1 fully saturated rings. The summed E-state index contributed by atoms with van der Waals surface area (Å²) in [5.41, 5.74) is 6.33. The van der Waals surface area contributed by atoms with Gasteiger partial charge in [0.05, 0.1) is 0 Å². The quantitative estimate of drug-likeness (QED) is 0.665. The summed E-state index contributed by atoms with van der Waals surface area (Å²) in [4.78, 5) is 0. The van der Waals surface area contributed by atoms with Crippen molar-refractivity contribution >= 4 is 0 Å². The monoisotopic (exact) mass is 155 g/mol. The maximum atomic E-state index is 5.81. The second kappa shape index (κ2) is 3.14. The van der Waals surface area contributed by atoms with Crippen LogP contribution in [0.4, 0.5) is 0 Å². The van der Waals surface area contributed by atoms with Gasteiger partial charge in [-0.05, 0) is 36.6 Å². The molecular formula is C10H21N. The molecule has 1 aliphatic carbocycles. The fraction of sp³-hybridized carbons (Fsp3) is 1.00. The van der Waals surface area contributed by atoms with E-state index in [2.05, 4.69) is 20.8 Å². The third kappa shape index (κ3) is 1.44. The lowest BCUT2D eigenvalue weighted by Crippen LogP contribution is -2.44. The van der Waals surface area contributed by atoms with Crippen molar-refractivity contribution in [3.05, 3.63) is 0 Å². The average molecular weight is 155 g/mol. The molecule has 1 nitrogen and oxygen atoms in total. The normalized spacial score (nSPS) is 24.8. The zero-order valence-corrected chi connectivity index (χ0v) is 8.06. The van der Waals surface area contributed by atoms with Crippen molar-refractivity contribution in [2.45, 2.75) is 40.0 Å². The van der Waals surface area contributed by atoms with Crippen molar-refractivity contribution in [2.75, 3.05) is 6.54 Å². The largest absolute Gasteiger partial charge is 0.330 e. The lowest BCUT2D eigenvalue weighted by molar-refractivity contribution is 0.0419. The van der Waals surface area contributed by atoms with Crippen LogP contribution < -0.4 is 5.73 Å². The molecule has 0 aromatic rings. The molecule has 1 atom stereocenters. The van der Waals surface area contributed by atoms with Crippen LogP contribution in [0.2, 0.25) is 0 Å². The second-order valence-electron chi connectivity index (χ2n) is 4.45. The first-order valence-electron chi connectivity index (χ1n) is 4.82. The predicted octanol–water partition coefficient (Wildman–Crippen LogP) is 2.41. The first-order chi connectivity index (χ1) is 5.12. The van der Waals surface area contributed by atoms with E-state index in [1.54, 1.807) is 0 Å². The summed E-state index contributed by atoms with van der Waals surface area (Å²) < 4.78 is 0. The van der Waals surface area contributed by atoms with Gasteiger partial charge in [-0.3, -0.25) is 0 Å². The van der Waals surface area contributed by atoms with Crippen LogP contribution in [0.25, 0.3) is 0 Å².